The molecule has 18 heteroatoms. The number of alkyl halides is 5. The Hall–Kier alpha value is -3.47. The smallest absolute Gasteiger partial charge is 0.367 e. The maximum Gasteiger partial charge on any atom is 0.393 e. The molecule has 0 bridgehead atoms. The number of benzene rings is 1. The lowest BCUT2D eigenvalue weighted by Gasteiger charge is -2.37. The molecule has 2 saturated heterocycles. The number of nitrogens with zero attached hydrogens (tertiary/aromatic N) is 7. The Kier molecular flexibility index (Phi) is 10.5. The second-order valence-corrected chi connectivity index (χ2v) is 17.3. The van der Waals surface area contributed by atoms with E-state index >= 15 is 0 Å². The lowest BCUT2D eigenvalue weighted by atomic mass is 10.0. The van der Waals surface area contributed by atoms with Gasteiger partial charge in [-0.2, -0.15) is 31.2 Å². The number of hydrogen-bond donors (Lipinski definition) is 2. The number of thiophene rings is 1. The zero-order valence-corrected chi connectivity index (χ0v) is 31.1. The van der Waals surface area contributed by atoms with Crippen LogP contribution >= 0.6 is 11.3 Å². The average Bonchev–Trinajstić information content (AvgIpc) is 3.36. The fourth-order valence-electron chi connectivity index (χ4n) is 7.51. The van der Waals surface area contributed by atoms with Gasteiger partial charge in [0.25, 0.3) is 16.1 Å². The minimum Gasteiger partial charge on any atom is -0.367 e. The molecule has 11 nitrogen and oxygen atoms in total. The lowest BCUT2D eigenvalue weighted by molar-refractivity contribution is -0.126. The fraction of sp³-hybridized carbons (Fsp3) is 0.571. The van der Waals surface area contributed by atoms with E-state index in [1.54, 1.807) is 0 Å². The van der Waals surface area contributed by atoms with E-state index in [0.29, 0.717) is 41.4 Å². The molecule has 286 valence electrons. The maximum absolute atomic E-state index is 13.2. The summed E-state index contributed by atoms with van der Waals surface area (Å²) in [5, 5.41) is 15.2. The van der Waals surface area contributed by atoms with Crippen molar-refractivity contribution >= 4 is 48.5 Å². The summed E-state index contributed by atoms with van der Waals surface area (Å²) in [6.07, 6.45) is -2.48. The molecule has 4 aromatic rings. The van der Waals surface area contributed by atoms with Crippen molar-refractivity contribution in [2.45, 2.75) is 76.8 Å². The van der Waals surface area contributed by atoms with Crippen molar-refractivity contribution in [3.8, 4) is 6.07 Å². The number of piperidine rings is 1. The number of likely N-dealkylation sites (tertiary alicyclic amines) is 1. The predicted molar refractivity (Wildman–Crippen MR) is 193 cm³/mol. The molecule has 3 aliphatic rings. The highest BCUT2D eigenvalue weighted by Gasteiger charge is 2.56. The molecular weight excluding hydrogens is 738 g/mol. The van der Waals surface area contributed by atoms with Crippen LogP contribution < -0.4 is 10.0 Å². The van der Waals surface area contributed by atoms with Gasteiger partial charge in [-0.25, -0.2) is 23.5 Å². The van der Waals surface area contributed by atoms with E-state index in [1.165, 1.54) is 22.3 Å². The number of nitriles is 1. The van der Waals surface area contributed by atoms with Crippen molar-refractivity contribution < 1.29 is 30.4 Å². The highest BCUT2D eigenvalue weighted by atomic mass is 32.2. The Morgan fingerprint density at radius 2 is 1.79 bits per heavy atom. The van der Waals surface area contributed by atoms with Gasteiger partial charge in [-0.3, -0.25) is 9.80 Å². The summed E-state index contributed by atoms with van der Waals surface area (Å²) < 4.78 is 96.5. The molecule has 0 amide bonds. The number of piperazine rings is 1. The monoisotopic (exact) mass is 779 g/mol. The molecule has 3 fully saturated rings. The van der Waals surface area contributed by atoms with Crippen LogP contribution in [-0.2, 0) is 29.7 Å². The van der Waals surface area contributed by atoms with Crippen LogP contribution in [-0.4, -0.2) is 107 Å². The van der Waals surface area contributed by atoms with Crippen LogP contribution in [0.1, 0.15) is 47.9 Å². The summed E-state index contributed by atoms with van der Waals surface area (Å²) in [5.74, 6) is -3.15. The third kappa shape index (κ3) is 8.45. The molecule has 7 rings (SSSR count). The van der Waals surface area contributed by atoms with Crippen molar-refractivity contribution in [2.24, 2.45) is 5.92 Å². The van der Waals surface area contributed by atoms with Gasteiger partial charge in [0, 0.05) is 99.1 Å². The maximum atomic E-state index is 13.2. The minimum absolute atomic E-state index is 0.00989. The first kappa shape index (κ1) is 37.8. The summed E-state index contributed by atoms with van der Waals surface area (Å²) in [6.45, 7) is 8.29. The van der Waals surface area contributed by atoms with Crippen LogP contribution in [0.4, 0.5) is 27.8 Å². The molecule has 2 unspecified atom stereocenters. The van der Waals surface area contributed by atoms with Crippen LogP contribution in [0.25, 0.3) is 21.1 Å². The first-order valence-electron chi connectivity index (χ1n) is 17.8. The van der Waals surface area contributed by atoms with Gasteiger partial charge in [0.1, 0.15) is 28.7 Å². The van der Waals surface area contributed by atoms with E-state index in [-0.39, 0.29) is 43.0 Å². The Balaban J connectivity index is 0.940. The second-order valence-electron chi connectivity index (χ2n) is 14.5. The van der Waals surface area contributed by atoms with Crippen molar-refractivity contribution in [3.63, 3.8) is 0 Å². The van der Waals surface area contributed by atoms with E-state index in [4.69, 9.17) is 0 Å². The standard InChI is InChI=1S/C35H42F5N9O2S2/c1-22(47-9-11-48(12-10-47)53(50,51)44-18-25-15-34(25,36)37)19-49-27(17-41)13-29-23(2)24(3-4-31(29)49)20-46-7-5-26(6-8-46)45-32-30-14-28(16-35(38,39)40)52-33(30)43-21-42-32/h3-4,13-14,21-22,25-26,44H,5-12,15-16,18-20H2,1-2H3,(H,42,43,45). The molecular formula is C35H42F5N9O2S2. The summed E-state index contributed by atoms with van der Waals surface area (Å²) in [5.41, 5.74) is 3.79. The zero-order chi connectivity index (χ0) is 37.7. The van der Waals surface area contributed by atoms with Gasteiger partial charge in [0.2, 0.25) is 0 Å². The number of aromatic nitrogens is 3. The van der Waals surface area contributed by atoms with Gasteiger partial charge in [-0.15, -0.1) is 11.3 Å². The van der Waals surface area contributed by atoms with Gasteiger partial charge in [-0.05, 0) is 56.0 Å². The topological polar surface area (TPSA) is 122 Å². The van der Waals surface area contributed by atoms with Gasteiger partial charge in [-0.1, -0.05) is 6.07 Å². The molecule has 1 aromatic carbocycles. The zero-order valence-electron chi connectivity index (χ0n) is 29.5. The van der Waals surface area contributed by atoms with E-state index in [9.17, 15) is 35.6 Å². The van der Waals surface area contributed by atoms with Gasteiger partial charge in [0.05, 0.1) is 11.8 Å². The molecule has 3 aromatic heterocycles. The fourth-order valence-corrected chi connectivity index (χ4v) is 9.77. The van der Waals surface area contributed by atoms with Crippen molar-refractivity contribution in [1.82, 2.24) is 33.4 Å². The first-order chi connectivity index (χ1) is 25.1. The molecule has 0 spiro atoms. The minimum atomic E-state index is -4.28. The Labute approximate surface area is 308 Å². The third-order valence-electron chi connectivity index (χ3n) is 10.8. The quantitative estimate of drug-likeness (QED) is 0.181. The van der Waals surface area contributed by atoms with E-state index < -0.39 is 34.6 Å². The highest BCUT2D eigenvalue weighted by Crippen LogP contribution is 2.48. The molecule has 0 radical (unpaired) electrons. The summed E-state index contributed by atoms with van der Waals surface area (Å²) in [6, 6.07) is 10.1. The van der Waals surface area contributed by atoms with Crippen molar-refractivity contribution in [1.29, 1.82) is 5.26 Å². The Bertz CT molecular complexity index is 2120. The van der Waals surface area contributed by atoms with Gasteiger partial charge >= 0.3 is 6.18 Å². The molecule has 5 heterocycles. The molecule has 2 N–H and O–H groups in total. The number of halogens is 5. The summed E-state index contributed by atoms with van der Waals surface area (Å²) >= 11 is 1.04. The van der Waals surface area contributed by atoms with Crippen LogP contribution in [0.2, 0.25) is 0 Å². The highest BCUT2D eigenvalue weighted by molar-refractivity contribution is 7.87. The Morgan fingerprint density at radius 3 is 2.45 bits per heavy atom. The first-order valence-corrected chi connectivity index (χ1v) is 20.0. The average molecular weight is 780 g/mol. The molecule has 2 atom stereocenters. The van der Waals surface area contributed by atoms with Gasteiger partial charge < -0.3 is 9.88 Å². The van der Waals surface area contributed by atoms with Gasteiger partial charge in [0.15, 0.2) is 0 Å². The normalized spacial score (nSPS) is 21.3. The van der Waals surface area contributed by atoms with E-state index in [0.717, 1.165) is 60.3 Å². The molecule has 2 aliphatic heterocycles. The summed E-state index contributed by atoms with van der Waals surface area (Å²) in [7, 11) is -3.84. The number of nitrogens with one attached hydrogen (secondary N) is 2. The molecule has 53 heavy (non-hydrogen) atoms. The van der Waals surface area contributed by atoms with Crippen LogP contribution in [0.5, 0.6) is 0 Å². The number of fused-ring (bicyclic) bond motifs is 2. The van der Waals surface area contributed by atoms with Crippen LogP contribution in [0.15, 0.2) is 30.6 Å². The van der Waals surface area contributed by atoms with Crippen LogP contribution in [0, 0.1) is 24.2 Å². The number of hydrogen-bond acceptors (Lipinski definition) is 9. The predicted octanol–water partition coefficient (Wildman–Crippen LogP) is 5.50. The number of anilines is 1. The molecule has 1 aliphatic carbocycles. The second kappa shape index (κ2) is 14.6. The third-order valence-corrected chi connectivity index (χ3v) is 13.4. The molecule has 1 saturated carbocycles. The van der Waals surface area contributed by atoms with Crippen molar-refractivity contribution in [2.75, 3.05) is 51.1 Å². The lowest BCUT2D eigenvalue weighted by Crippen LogP contribution is -2.54. The number of rotatable bonds is 12. The van der Waals surface area contributed by atoms with Crippen LogP contribution in [0.3, 0.4) is 0 Å². The van der Waals surface area contributed by atoms with E-state index in [1.807, 2.05) is 10.6 Å². The van der Waals surface area contributed by atoms with E-state index in [2.05, 4.69) is 61.9 Å². The van der Waals surface area contributed by atoms with Crippen molar-refractivity contribution in [3.05, 3.63) is 52.3 Å². The Morgan fingerprint density at radius 1 is 1.08 bits per heavy atom. The SMILES string of the molecule is Cc1c(CN2CCC(Nc3ncnc4sc(CC(F)(F)F)cc34)CC2)ccc2c1cc(C#N)n2CC(C)N1CCN(S(=O)(=O)NCC2CC2(F)F)CC1. The number of aryl methyl sites for hydroxylation is 1. The largest absolute Gasteiger partial charge is 0.393 e. The summed E-state index contributed by atoms with van der Waals surface area (Å²) in [4.78, 5) is 13.8.